The first-order valence-electron chi connectivity index (χ1n) is 9.49. The number of aromatic nitrogens is 1. The number of benzene rings is 1. The zero-order chi connectivity index (χ0) is 19.4. The molecular weight excluding hydrogens is 356 g/mol. The van der Waals surface area contributed by atoms with Gasteiger partial charge in [-0.2, -0.15) is 5.26 Å². The molecule has 1 aromatic carbocycles. The Balaban J connectivity index is 1.93. The van der Waals surface area contributed by atoms with Crippen LogP contribution in [0.2, 0.25) is 0 Å². The Morgan fingerprint density at radius 2 is 2.11 bits per heavy atom. The van der Waals surface area contributed by atoms with Crippen LogP contribution < -0.4 is 4.90 Å². The van der Waals surface area contributed by atoms with Crippen molar-refractivity contribution in [3.8, 4) is 6.07 Å². The number of amides is 2. The topological polar surface area (TPSA) is 60.2 Å². The van der Waals surface area contributed by atoms with Crippen LogP contribution in [-0.2, 0) is 13.0 Å². The molecule has 3 rings (SSSR count). The lowest BCUT2D eigenvalue weighted by Crippen LogP contribution is -2.41. The third-order valence-corrected chi connectivity index (χ3v) is 5.85. The number of rotatable bonds is 5. The van der Waals surface area contributed by atoms with Gasteiger partial charge in [0.15, 0.2) is 0 Å². The summed E-state index contributed by atoms with van der Waals surface area (Å²) in [4.78, 5) is 21.7. The van der Waals surface area contributed by atoms with Crippen LogP contribution in [0.1, 0.15) is 48.5 Å². The lowest BCUT2D eigenvalue weighted by atomic mass is 10.1. The summed E-state index contributed by atoms with van der Waals surface area (Å²) in [5.41, 5.74) is 2.47. The molecule has 1 aliphatic rings. The van der Waals surface area contributed by atoms with Gasteiger partial charge in [0.25, 0.3) is 0 Å². The molecule has 0 aliphatic carbocycles. The van der Waals surface area contributed by atoms with Crippen molar-refractivity contribution in [1.29, 1.82) is 5.26 Å². The zero-order valence-corrected chi connectivity index (χ0v) is 17.1. The van der Waals surface area contributed by atoms with Gasteiger partial charge in [-0.3, -0.25) is 4.90 Å². The van der Waals surface area contributed by atoms with Crippen molar-refractivity contribution in [3.05, 3.63) is 46.1 Å². The number of carbonyl (C=O) groups is 1. The van der Waals surface area contributed by atoms with Gasteiger partial charge in [-0.05, 0) is 43.4 Å². The second-order valence-electron chi connectivity index (χ2n) is 7.47. The first-order chi connectivity index (χ1) is 13.0. The van der Waals surface area contributed by atoms with Crippen LogP contribution >= 0.6 is 11.3 Å². The molecule has 0 unspecified atom stereocenters. The van der Waals surface area contributed by atoms with Gasteiger partial charge in [0.1, 0.15) is 5.00 Å². The van der Waals surface area contributed by atoms with E-state index in [1.54, 1.807) is 17.4 Å². The van der Waals surface area contributed by atoms with Crippen molar-refractivity contribution in [3.63, 3.8) is 0 Å². The van der Waals surface area contributed by atoms with E-state index < -0.39 is 0 Å². The van der Waals surface area contributed by atoms with Crippen LogP contribution in [0.3, 0.4) is 0 Å². The summed E-state index contributed by atoms with van der Waals surface area (Å²) < 4.78 is 0. The van der Waals surface area contributed by atoms with Gasteiger partial charge in [0, 0.05) is 19.5 Å². The maximum atomic E-state index is 13.3. The van der Waals surface area contributed by atoms with Crippen LogP contribution in [0, 0.1) is 24.2 Å². The molecule has 1 aromatic heterocycles. The van der Waals surface area contributed by atoms with Crippen LogP contribution in [0.5, 0.6) is 0 Å². The number of thiazole rings is 1. The fourth-order valence-electron chi connectivity index (χ4n) is 3.36. The third-order valence-electron chi connectivity index (χ3n) is 4.65. The fraction of sp³-hybridized carbons (Fsp3) is 0.476. The van der Waals surface area contributed by atoms with Crippen molar-refractivity contribution in [2.45, 2.75) is 46.6 Å². The molecule has 6 heteroatoms. The largest absolute Gasteiger partial charge is 0.325 e. The van der Waals surface area contributed by atoms with Crippen LogP contribution in [-0.4, -0.2) is 29.0 Å². The molecule has 0 saturated carbocycles. The van der Waals surface area contributed by atoms with Crippen LogP contribution in [0.4, 0.5) is 9.80 Å². The Morgan fingerprint density at radius 3 is 2.78 bits per heavy atom. The quantitative estimate of drug-likeness (QED) is 0.750. The number of likely N-dealkylation sites (tertiary alicyclic amines) is 1. The smallest absolute Gasteiger partial charge is 0.324 e. The highest BCUT2D eigenvalue weighted by Gasteiger charge is 2.28. The molecule has 0 N–H and O–H groups in total. The van der Waals surface area contributed by atoms with Gasteiger partial charge in [-0.1, -0.05) is 26.0 Å². The minimum absolute atomic E-state index is 0.0395. The number of nitrogens with zero attached hydrogens (tertiary/aromatic N) is 4. The SMILES string of the molecule is Cc1nc(CC(C)C)sc1N(Cc1cccc(C#N)c1)C(=O)N1CCCC1. The molecule has 1 fully saturated rings. The molecule has 0 atom stereocenters. The molecule has 5 nitrogen and oxygen atoms in total. The Morgan fingerprint density at radius 1 is 1.37 bits per heavy atom. The summed E-state index contributed by atoms with van der Waals surface area (Å²) in [6.45, 7) is 8.41. The first-order valence-corrected chi connectivity index (χ1v) is 10.3. The highest BCUT2D eigenvalue weighted by atomic mass is 32.1. The van der Waals surface area contributed by atoms with E-state index in [4.69, 9.17) is 4.98 Å². The van der Waals surface area contributed by atoms with Gasteiger partial charge < -0.3 is 4.90 Å². The Bertz CT molecular complexity index is 846. The lowest BCUT2D eigenvalue weighted by Gasteiger charge is -2.27. The van der Waals surface area contributed by atoms with E-state index in [0.29, 0.717) is 18.0 Å². The number of hydrogen-bond donors (Lipinski definition) is 0. The molecule has 2 aromatic rings. The van der Waals surface area contributed by atoms with Gasteiger partial charge in [-0.15, -0.1) is 11.3 Å². The molecule has 2 heterocycles. The standard InChI is InChI=1S/C21H26N4OS/c1-15(2)11-19-23-16(3)20(27-19)25(21(26)24-9-4-5-10-24)14-18-8-6-7-17(12-18)13-22/h6-8,12,15H,4-5,9-11,14H2,1-3H3. The number of hydrogen-bond acceptors (Lipinski definition) is 4. The maximum absolute atomic E-state index is 13.3. The number of urea groups is 1. The second-order valence-corrected chi connectivity index (χ2v) is 8.53. The molecule has 1 aliphatic heterocycles. The number of aryl methyl sites for hydroxylation is 1. The number of carbonyl (C=O) groups excluding carboxylic acids is 1. The van der Waals surface area contributed by atoms with E-state index in [1.807, 2.05) is 34.9 Å². The van der Waals surface area contributed by atoms with E-state index in [9.17, 15) is 10.1 Å². The first kappa shape index (κ1) is 19.4. The summed E-state index contributed by atoms with van der Waals surface area (Å²) >= 11 is 1.61. The van der Waals surface area contributed by atoms with E-state index in [-0.39, 0.29) is 6.03 Å². The molecule has 142 valence electrons. The Kier molecular flexibility index (Phi) is 6.12. The lowest BCUT2D eigenvalue weighted by molar-refractivity contribution is 0.215. The molecule has 0 spiro atoms. The summed E-state index contributed by atoms with van der Waals surface area (Å²) in [6.07, 6.45) is 3.04. The van der Waals surface area contributed by atoms with Gasteiger partial charge in [0.2, 0.25) is 0 Å². The second kappa shape index (κ2) is 8.53. The minimum Gasteiger partial charge on any atom is -0.324 e. The molecule has 1 saturated heterocycles. The van der Waals surface area contributed by atoms with E-state index >= 15 is 0 Å². The van der Waals surface area contributed by atoms with E-state index in [0.717, 1.165) is 53.6 Å². The van der Waals surface area contributed by atoms with Crippen LogP contribution in [0.25, 0.3) is 0 Å². The normalized spacial score (nSPS) is 13.8. The molecule has 0 bridgehead atoms. The maximum Gasteiger partial charge on any atom is 0.325 e. The molecule has 2 amide bonds. The van der Waals surface area contributed by atoms with Crippen molar-refractivity contribution >= 4 is 22.4 Å². The van der Waals surface area contributed by atoms with Gasteiger partial charge in [-0.25, -0.2) is 9.78 Å². The fourth-order valence-corrected chi connectivity index (χ4v) is 4.63. The Labute approximate surface area is 165 Å². The van der Waals surface area contributed by atoms with Gasteiger partial charge >= 0.3 is 6.03 Å². The highest BCUT2D eigenvalue weighted by Crippen LogP contribution is 2.32. The summed E-state index contributed by atoms with van der Waals surface area (Å²) in [5, 5.41) is 11.2. The average molecular weight is 383 g/mol. The molecular formula is C21H26N4OS. The number of anilines is 1. The van der Waals surface area contributed by atoms with Crippen LogP contribution in [0.15, 0.2) is 24.3 Å². The minimum atomic E-state index is 0.0395. The van der Waals surface area contributed by atoms with Crippen molar-refractivity contribution in [1.82, 2.24) is 9.88 Å². The average Bonchev–Trinajstić information content (AvgIpc) is 3.29. The third kappa shape index (κ3) is 4.67. The summed E-state index contributed by atoms with van der Waals surface area (Å²) in [7, 11) is 0. The van der Waals surface area contributed by atoms with Crippen molar-refractivity contribution in [2.24, 2.45) is 5.92 Å². The molecule has 27 heavy (non-hydrogen) atoms. The molecule has 0 radical (unpaired) electrons. The highest BCUT2D eigenvalue weighted by molar-refractivity contribution is 7.16. The predicted molar refractivity (Wildman–Crippen MR) is 109 cm³/mol. The van der Waals surface area contributed by atoms with Gasteiger partial charge in [0.05, 0.1) is 28.9 Å². The summed E-state index contributed by atoms with van der Waals surface area (Å²) in [6, 6.07) is 9.70. The Hall–Kier alpha value is -2.39. The predicted octanol–water partition coefficient (Wildman–Crippen LogP) is 4.74. The van der Waals surface area contributed by atoms with E-state index in [1.165, 1.54) is 0 Å². The van der Waals surface area contributed by atoms with Crippen molar-refractivity contribution < 1.29 is 4.79 Å². The van der Waals surface area contributed by atoms with E-state index in [2.05, 4.69) is 19.9 Å². The summed E-state index contributed by atoms with van der Waals surface area (Å²) in [5.74, 6) is 0.526. The zero-order valence-electron chi connectivity index (χ0n) is 16.2. The monoisotopic (exact) mass is 382 g/mol. The number of nitriles is 1. The van der Waals surface area contributed by atoms with Crippen molar-refractivity contribution in [2.75, 3.05) is 18.0 Å².